The summed E-state index contributed by atoms with van der Waals surface area (Å²) in [5.74, 6) is 0.236. The van der Waals surface area contributed by atoms with Crippen LogP contribution in [0.1, 0.15) is 28.2 Å². The first-order valence-electron chi connectivity index (χ1n) is 3.30. The van der Waals surface area contributed by atoms with E-state index in [0.717, 1.165) is 6.54 Å². The number of nitrogens with zero attached hydrogens (tertiary/aromatic N) is 1. The molecule has 0 aromatic rings. The van der Waals surface area contributed by atoms with Crippen LogP contribution in [0.4, 0.5) is 0 Å². The Hall–Kier alpha value is -0.370. The Morgan fingerprint density at radius 1 is 1.60 bits per heavy atom. The summed E-state index contributed by atoms with van der Waals surface area (Å²) >= 11 is 0. The van der Waals surface area contributed by atoms with Gasteiger partial charge in [-0.15, -0.1) is 0 Å². The van der Waals surface area contributed by atoms with E-state index in [4.69, 9.17) is 0 Å². The molecule has 1 unspecified atom stereocenters. The predicted molar refractivity (Wildman–Crippen MR) is 45.2 cm³/mol. The number of ketones is 1. The van der Waals surface area contributed by atoms with Gasteiger partial charge in [-0.2, -0.15) is 0 Å². The molecule has 2 heteroatoms. The van der Waals surface area contributed by atoms with E-state index < -0.39 is 0 Å². The van der Waals surface area contributed by atoms with Gasteiger partial charge in [0.05, 0.1) is 6.04 Å². The minimum atomic E-state index is 0. The van der Waals surface area contributed by atoms with Gasteiger partial charge >= 0.3 is 0 Å². The number of carbonyl (C=O) groups is 1. The first-order valence-corrected chi connectivity index (χ1v) is 3.30. The predicted octanol–water partition coefficient (Wildman–Crippen LogP) is 1.55. The molecule has 0 aliphatic heterocycles. The van der Waals surface area contributed by atoms with Crippen molar-refractivity contribution in [2.45, 2.75) is 34.2 Å². The molecule has 0 saturated heterocycles. The number of rotatable bonds is 3. The number of likely N-dealkylation sites (N-methyl/N-ethyl adjacent to an activating group) is 1. The zero-order valence-electron chi connectivity index (χ0n) is 6.64. The van der Waals surface area contributed by atoms with Crippen LogP contribution in [0.5, 0.6) is 0 Å². The second-order valence-corrected chi connectivity index (χ2v) is 2.36. The van der Waals surface area contributed by atoms with Crippen LogP contribution in [0.3, 0.4) is 0 Å². The fourth-order valence-electron chi connectivity index (χ4n) is 0.584. The smallest absolute Gasteiger partial charge is 0.146 e. The third-order valence-corrected chi connectivity index (χ3v) is 1.75. The van der Waals surface area contributed by atoms with E-state index in [1.807, 2.05) is 25.8 Å². The molecule has 0 radical (unpaired) electrons. The average Bonchev–Trinajstić information content (AvgIpc) is 1.84. The topological polar surface area (TPSA) is 20.3 Å². The molecule has 2 nitrogen and oxygen atoms in total. The SMILES string of the molecule is C.CCN(C)C(C)C(C)=O. The Labute approximate surface area is 64.2 Å². The minimum absolute atomic E-state index is 0. The highest BCUT2D eigenvalue weighted by atomic mass is 16.1. The van der Waals surface area contributed by atoms with E-state index >= 15 is 0 Å². The summed E-state index contributed by atoms with van der Waals surface area (Å²) < 4.78 is 0. The molecule has 62 valence electrons. The van der Waals surface area contributed by atoms with Crippen molar-refractivity contribution >= 4 is 5.78 Å². The standard InChI is InChI=1S/C7H15NO.CH4/c1-5-8(4)6(2)7(3)9;/h6H,5H2,1-4H3;1H4. The highest BCUT2D eigenvalue weighted by molar-refractivity contribution is 5.80. The highest BCUT2D eigenvalue weighted by Crippen LogP contribution is 1.94. The molecule has 10 heavy (non-hydrogen) atoms. The Kier molecular flexibility index (Phi) is 6.67. The van der Waals surface area contributed by atoms with Gasteiger partial charge in [-0.1, -0.05) is 14.4 Å². The van der Waals surface area contributed by atoms with E-state index in [1.165, 1.54) is 0 Å². The summed E-state index contributed by atoms with van der Waals surface area (Å²) in [5.41, 5.74) is 0. The maximum Gasteiger partial charge on any atom is 0.146 e. The molecule has 0 saturated carbocycles. The molecule has 0 bridgehead atoms. The van der Waals surface area contributed by atoms with Gasteiger partial charge in [0.2, 0.25) is 0 Å². The monoisotopic (exact) mass is 145 g/mol. The fraction of sp³-hybridized carbons (Fsp3) is 0.875. The van der Waals surface area contributed by atoms with Gasteiger partial charge in [0.15, 0.2) is 0 Å². The van der Waals surface area contributed by atoms with E-state index in [9.17, 15) is 4.79 Å². The molecule has 0 aromatic carbocycles. The quantitative estimate of drug-likeness (QED) is 0.600. The van der Waals surface area contributed by atoms with Crippen molar-refractivity contribution in [2.24, 2.45) is 0 Å². The van der Waals surface area contributed by atoms with Gasteiger partial charge in [0.25, 0.3) is 0 Å². The lowest BCUT2D eigenvalue weighted by atomic mass is 10.2. The van der Waals surface area contributed by atoms with Crippen LogP contribution < -0.4 is 0 Å². The van der Waals surface area contributed by atoms with Crippen molar-refractivity contribution in [1.29, 1.82) is 0 Å². The Balaban J connectivity index is 0. The Morgan fingerprint density at radius 2 is 2.00 bits per heavy atom. The van der Waals surface area contributed by atoms with Crippen molar-refractivity contribution in [3.05, 3.63) is 0 Å². The first-order chi connectivity index (χ1) is 4.09. The maximum atomic E-state index is 10.7. The van der Waals surface area contributed by atoms with Gasteiger partial charge in [0.1, 0.15) is 5.78 Å². The number of Topliss-reactive ketones (excluding diaryl/α,β-unsaturated/α-hetero) is 1. The second kappa shape index (κ2) is 5.42. The van der Waals surface area contributed by atoms with Crippen LogP contribution in [-0.4, -0.2) is 30.3 Å². The minimum Gasteiger partial charge on any atom is -0.298 e. The Bertz CT molecular complexity index is 101. The summed E-state index contributed by atoms with van der Waals surface area (Å²) in [6, 6.07) is 0.0787. The van der Waals surface area contributed by atoms with Gasteiger partial charge < -0.3 is 0 Å². The Morgan fingerprint density at radius 3 is 2.10 bits per heavy atom. The number of hydrogen-bond donors (Lipinski definition) is 0. The summed E-state index contributed by atoms with van der Waals surface area (Å²) in [4.78, 5) is 12.7. The van der Waals surface area contributed by atoms with Crippen molar-refractivity contribution in [2.75, 3.05) is 13.6 Å². The van der Waals surface area contributed by atoms with Gasteiger partial charge in [-0.3, -0.25) is 9.69 Å². The summed E-state index contributed by atoms with van der Waals surface area (Å²) in [6.07, 6.45) is 0. The zero-order valence-corrected chi connectivity index (χ0v) is 6.64. The molecular weight excluding hydrogens is 126 g/mol. The third-order valence-electron chi connectivity index (χ3n) is 1.75. The molecule has 0 aliphatic carbocycles. The van der Waals surface area contributed by atoms with Crippen molar-refractivity contribution in [3.63, 3.8) is 0 Å². The average molecular weight is 145 g/mol. The fourth-order valence-corrected chi connectivity index (χ4v) is 0.584. The van der Waals surface area contributed by atoms with Crippen molar-refractivity contribution in [1.82, 2.24) is 4.90 Å². The summed E-state index contributed by atoms with van der Waals surface area (Å²) in [5, 5.41) is 0. The molecular formula is C8H19NO. The maximum absolute atomic E-state index is 10.7. The molecule has 0 amide bonds. The van der Waals surface area contributed by atoms with Crippen LogP contribution >= 0.6 is 0 Å². The largest absolute Gasteiger partial charge is 0.298 e. The number of hydrogen-bond acceptors (Lipinski definition) is 2. The normalized spacial score (nSPS) is 12.5. The van der Waals surface area contributed by atoms with Crippen LogP contribution in [0.2, 0.25) is 0 Å². The van der Waals surface area contributed by atoms with E-state index in [-0.39, 0.29) is 19.3 Å². The van der Waals surface area contributed by atoms with Crippen molar-refractivity contribution < 1.29 is 4.79 Å². The summed E-state index contributed by atoms with van der Waals surface area (Å²) in [6.45, 7) is 6.52. The van der Waals surface area contributed by atoms with E-state index in [0.29, 0.717) is 0 Å². The zero-order chi connectivity index (χ0) is 7.44. The first kappa shape index (κ1) is 12.3. The van der Waals surface area contributed by atoms with E-state index in [2.05, 4.69) is 0 Å². The lowest BCUT2D eigenvalue weighted by molar-refractivity contribution is -0.121. The van der Waals surface area contributed by atoms with Gasteiger partial charge in [-0.05, 0) is 27.4 Å². The molecule has 0 fully saturated rings. The lowest BCUT2D eigenvalue weighted by Gasteiger charge is -2.19. The highest BCUT2D eigenvalue weighted by Gasteiger charge is 2.10. The van der Waals surface area contributed by atoms with Crippen LogP contribution in [0, 0.1) is 0 Å². The molecule has 0 aliphatic rings. The number of carbonyl (C=O) groups excluding carboxylic acids is 1. The molecule has 0 rings (SSSR count). The third kappa shape index (κ3) is 3.62. The molecule has 1 atom stereocenters. The van der Waals surface area contributed by atoms with Crippen LogP contribution in [0.25, 0.3) is 0 Å². The lowest BCUT2D eigenvalue weighted by Crippen LogP contribution is -2.34. The van der Waals surface area contributed by atoms with E-state index in [1.54, 1.807) is 6.92 Å². The molecule has 0 spiro atoms. The molecule has 0 N–H and O–H groups in total. The van der Waals surface area contributed by atoms with Crippen LogP contribution in [-0.2, 0) is 4.79 Å². The van der Waals surface area contributed by atoms with Crippen molar-refractivity contribution in [3.8, 4) is 0 Å². The van der Waals surface area contributed by atoms with Gasteiger partial charge in [-0.25, -0.2) is 0 Å². The van der Waals surface area contributed by atoms with Crippen LogP contribution in [0.15, 0.2) is 0 Å². The summed E-state index contributed by atoms with van der Waals surface area (Å²) in [7, 11) is 1.95. The molecule has 0 heterocycles. The second-order valence-electron chi connectivity index (χ2n) is 2.36. The van der Waals surface area contributed by atoms with Gasteiger partial charge in [0, 0.05) is 0 Å². The molecule has 0 aromatic heterocycles.